The van der Waals surface area contributed by atoms with Crippen LogP contribution in [0.3, 0.4) is 0 Å². The van der Waals surface area contributed by atoms with Crippen LogP contribution in [0, 0.1) is 0 Å². The summed E-state index contributed by atoms with van der Waals surface area (Å²) < 4.78 is 11.7. The van der Waals surface area contributed by atoms with E-state index in [4.69, 9.17) is 15.2 Å². The van der Waals surface area contributed by atoms with Gasteiger partial charge in [0.25, 0.3) is 5.60 Å². The number of aryl methyl sites for hydroxylation is 1. The van der Waals surface area contributed by atoms with Gasteiger partial charge in [-0.1, -0.05) is 84.4 Å². The molecule has 258 valence electrons. The maximum Gasteiger partial charge on any atom is 0.350 e. The molecule has 0 radical (unpaired) electrons. The fourth-order valence-corrected chi connectivity index (χ4v) is 6.89. The van der Waals surface area contributed by atoms with E-state index < -0.39 is 54.0 Å². The molecule has 2 heterocycles. The molecular weight excluding hydrogens is 636 g/mol. The number of benzene rings is 3. The molecule has 0 bridgehead atoms. The Morgan fingerprint density at radius 2 is 1.58 bits per heavy atom. The number of nitrogen functional groups attached to an aromatic ring is 1. The van der Waals surface area contributed by atoms with Crippen LogP contribution >= 0.6 is 0 Å². The summed E-state index contributed by atoms with van der Waals surface area (Å²) in [4.78, 5) is 46.3. The Kier molecular flexibility index (Phi) is 10.1. The van der Waals surface area contributed by atoms with Gasteiger partial charge in [0.1, 0.15) is 12.4 Å². The van der Waals surface area contributed by atoms with E-state index in [1.54, 1.807) is 36.5 Å². The lowest BCUT2D eigenvalue weighted by molar-refractivity contribution is -0.151. The number of hydrogen-bond acceptors (Lipinski definition) is 10. The first-order chi connectivity index (χ1) is 24.1. The smallest absolute Gasteiger partial charge is 0.350 e. The molecule has 1 fully saturated rings. The van der Waals surface area contributed by atoms with Gasteiger partial charge in [0.2, 0.25) is 5.78 Å². The van der Waals surface area contributed by atoms with Gasteiger partial charge in [-0.25, -0.2) is 9.78 Å². The molecule has 2 aliphatic rings. The van der Waals surface area contributed by atoms with Gasteiger partial charge in [-0.3, -0.25) is 9.59 Å². The van der Waals surface area contributed by atoms with Crippen LogP contribution in [0.4, 0.5) is 5.82 Å². The minimum absolute atomic E-state index is 0.0515. The van der Waals surface area contributed by atoms with Crippen molar-refractivity contribution in [1.82, 2.24) is 4.98 Å². The van der Waals surface area contributed by atoms with Crippen molar-refractivity contribution in [3.63, 3.8) is 0 Å². The molecule has 0 amide bonds. The molecule has 6 rings (SSSR count). The van der Waals surface area contributed by atoms with Gasteiger partial charge in [0.15, 0.2) is 11.4 Å². The number of rotatable bonds is 14. The quantitative estimate of drug-likeness (QED) is 0.0653. The zero-order valence-electron chi connectivity index (χ0n) is 27.7. The minimum atomic E-state index is -2.27. The second kappa shape index (κ2) is 14.5. The average molecular weight is 677 g/mol. The van der Waals surface area contributed by atoms with Gasteiger partial charge in [-0.2, -0.15) is 0 Å². The average Bonchev–Trinajstić information content (AvgIpc) is 3.85. The Morgan fingerprint density at radius 3 is 2.24 bits per heavy atom. The monoisotopic (exact) mass is 676 g/mol. The number of esters is 1. The molecule has 10 nitrogen and oxygen atoms in total. The third kappa shape index (κ3) is 6.50. The fourth-order valence-electron chi connectivity index (χ4n) is 6.89. The second-order valence-corrected chi connectivity index (χ2v) is 13.0. The van der Waals surface area contributed by atoms with Gasteiger partial charge in [-0.05, 0) is 66.1 Å². The Bertz CT molecular complexity index is 1930. The Morgan fingerprint density at radius 1 is 0.900 bits per heavy atom. The number of hydrogen-bond donors (Lipinski definition) is 4. The maximum absolute atomic E-state index is 14.1. The molecule has 5 N–H and O–H groups in total. The molecule has 1 aliphatic heterocycles. The number of ether oxygens (including phenoxy) is 2. The molecule has 0 unspecified atom stereocenters. The van der Waals surface area contributed by atoms with E-state index in [0.717, 1.165) is 22.3 Å². The first-order valence-corrected chi connectivity index (χ1v) is 16.6. The van der Waals surface area contributed by atoms with Crippen molar-refractivity contribution in [3.05, 3.63) is 142 Å². The van der Waals surface area contributed by atoms with Crippen molar-refractivity contribution >= 4 is 23.4 Å². The van der Waals surface area contributed by atoms with Crippen molar-refractivity contribution in [2.75, 3.05) is 18.9 Å². The van der Waals surface area contributed by atoms with E-state index in [1.165, 1.54) is 12.1 Å². The van der Waals surface area contributed by atoms with Crippen molar-refractivity contribution in [2.45, 2.75) is 62.4 Å². The molecular formula is C40H40N2O8. The first-order valence-electron chi connectivity index (χ1n) is 16.6. The number of epoxide rings is 1. The summed E-state index contributed by atoms with van der Waals surface area (Å²) in [5.41, 5.74) is 6.45. The SMILES string of the molecule is C/C(CCc1ccnc(N)c1)=C(/CO)C[C@@]12O[C@]1(C(=O)OC[C@H](O)[C@H](Cc1ccccc1)c1ccc(CO)cc1)C(=O)c1ccccc1C2=O. The number of pyridine rings is 1. The van der Waals surface area contributed by atoms with Gasteiger partial charge in [0.05, 0.1) is 19.3 Å². The summed E-state index contributed by atoms with van der Waals surface area (Å²) in [6.45, 7) is 0.808. The molecule has 1 aromatic heterocycles. The number of aromatic nitrogens is 1. The van der Waals surface area contributed by atoms with Crippen LogP contribution in [-0.4, -0.2) is 68.4 Å². The molecule has 50 heavy (non-hydrogen) atoms. The zero-order valence-corrected chi connectivity index (χ0v) is 27.7. The minimum Gasteiger partial charge on any atom is -0.460 e. The maximum atomic E-state index is 14.1. The van der Waals surface area contributed by atoms with Gasteiger partial charge in [0, 0.05) is 29.7 Å². The number of nitrogens with two attached hydrogens (primary N) is 1. The number of aliphatic hydroxyl groups is 3. The van der Waals surface area contributed by atoms with Crippen molar-refractivity contribution in [2.24, 2.45) is 0 Å². The highest BCUT2D eigenvalue weighted by Gasteiger charge is 2.85. The Labute approximate surface area is 290 Å². The van der Waals surface area contributed by atoms with Gasteiger partial charge in [-0.15, -0.1) is 0 Å². The zero-order chi connectivity index (χ0) is 35.5. The number of anilines is 1. The highest BCUT2D eigenvalue weighted by atomic mass is 16.7. The van der Waals surface area contributed by atoms with Crippen molar-refractivity contribution in [3.8, 4) is 0 Å². The van der Waals surface area contributed by atoms with E-state index in [9.17, 15) is 29.7 Å². The fraction of sp³-hybridized carbons (Fsp3) is 0.300. The number of nitrogens with zero attached hydrogens (tertiary/aromatic N) is 1. The molecule has 4 atom stereocenters. The summed E-state index contributed by atoms with van der Waals surface area (Å²) in [6.07, 6.45) is 1.75. The van der Waals surface area contributed by atoms with Crippen LogP contribution in [0.1, 0.15) is 68.7 Å². The highest BCUT2D eigenvalue weighted by molar-refractivity contribution is 6.32. The molecule has 1 aliphatic carbocycles. The van der Waals surface area contributed by atoms with Crippen molar-refractivity contribution < 1.29 is 39.2 Å². The predicted molar refractivity (Wildman–Crippen MR) is 185 cm³/mol. The highest BCUT2D eigenvalue weighted by Crippen LogP contribution is 2.59. The van der Waals surface area contributed by atoms with Crippen LogP contribution < -0.4 is 5.73 Å². The molecule has 0 spiro atoms. The summed E-state index contributed by atoms with van der Waals surface area (Å²) in [7, 11) is 0. The largest absolute Gasteiger partial charge is 0.460 e. The van der Waals surface area contributed by atoms with Crippen molar-refractivity contribution in [1.29, 1.82) is 0 Å². The Hall–Kier alpha value is -5.00. The lowest BCUT2D eigenvalue weighted by Crippen LogP contribution is -2.51. The van der Waals surface area contributed by atoms with E-state index >= 15 is 0 Å². The number of aliphatic hydroxyl groups excluding tert-OH is 3. The lowest BCUT2D eigenvalue weighted by atomic mass is 9.71. The topological polar surface area (TPSA) is 173 Å². The lowest BCUT2D eigenvalue weighted by Gasteiger charge is -2.27. The second-order valence-electron chi connectivity index (χ2n) is 13.0. The molecule has 3 aromatic carbocycles. The van der Waals surface area contributed by atoms with Gasteiger partial charge >= 0.3 is 5.97 Å². The van der Waals surface area contributed by atoms with Crippen LogP contribution in [0.5, 0.6) is 0 Å². The van der Waals surface area contributed by atoms with E-state index in [1.807, 2.05) is 55.5 Å². The van der Waals surface area contributed by atoms with Crippen LogP contribution in [0.25, 0.3) is 0 Å². The summed E-state index contributed by atoms with van der Waals surface area (Å²) in [5.74, 6) is -2.43. The molecule has 0 saturated carbocycles. The number of fused-ring (bicyclic) bond motifs is 2. The van der Waals surface area contributed by atoms with E-state index in [-0.39, 0.29) is 24.2 Å². The standard InChI is InChI=1S/C40H40N2O8/c1-25(11-12-27-17-18-42-35(41)20-27)30(23-44)21-39-36(46)31-9-5-6-10-32(31)37(47)40(39,50-39)38(48)49-24-34(45)33(19-26-7-3-2-4-8-26)29-15-13-28(22-43)14-16-29/h2-10,13-18,20,33-34,43-45H,11-12,19,21-24H2,1H3,(H2,41,42)/b30-25-/t33-,34+,39+,40+/m1/s1. The molecule has 4 aromatic rings. The number of carbonyl (C=O) groups is 3. The third-order valence-corrected chi connectivity index (χ3v) is 9.87. The summed E-state index contributed by atoms with van der Waals surface area (Å²) >= 11 is 0. The normalized spacial score (nSPS) is 21.0. The number of ketones is 2. The third-order valence-electron chi connectivity index (χ3n) is 9.87. The van der Waals surface area contributed by atoms with Crippen LogP contribution in [-0.2, 0) is 33.7 Å². The van der Waals surface area contributed by atoms with Crippen LogP contribution in [0.2, 0.25) is 0 Å². The molecule has 1 saturated heterocycles. The number of Topliss-reactive ketones (excluding diaryl/α,β-unsaturated/α-hetero) is 2. The van der Waals surface area contributed by atoms with Gasteiger partial charge < -0.3 is 30.5 Å². The number of allylic oxidation sites excluding steroid dienone is 1. The van der Waals surface area contributed by atoms with Crippen LogP contribution in [0.15, 0.2) is 108 Å². The molecule has 10 heteroatoms. The first kappa shape index (κ1) is 34.8. The summed E-state index contributed by atoms with van der Waals surface area (Å²) in [6, 6.07) is 26.6. The Balaban J connectivity index is 1.27. The predicted octanol–water partition coefficient (Wildman–Crippen LogP) is 4.31. The van der Waals surface area contributed by atoms with E-state index in [0.29, 0.717) is 36.2 Å². The summed E-state index contributed by atoms with van der Waals surface area (Å²) in [5, 5.41) is 31.5. The number of carbonyl (C=O) groups excluding carboxylic acids is 3. The van der Waals surface area contributed by atoms with E-state index in [2.05, 4.69) is 4.98 Å².